The number of hydrogen-bond acceptors (Lipinski definition) is 4. The summed E-state index contributed by atoms with van der Waals surface area (Å²) in [4.78, 5) is 12.6. The lowest BCUT2D eigenvalue weighted by atomic mass is 10.1. The summed E-state index contributed by atoms with van der Waals surface area (Å²) >= 11 is 13.5. The molecule has 8 heteroatoms. The van der Waals surface area contributed by atoms with E-state index in [0.717, 1.165) is 28.2 Å². The number of rotatable bonds is 6. The van der Waals surface area contributed by atoms with Crippen molar-refractivity contribution in [2.45, 2.75) is 19.0 Å². The van der Waals surface area contributed by atoms with E-state index in [1.165, 1.54) is 11.8 Å². The first-order valence-electron chi connectivity index (χ1n) is 9.89. The molecule has 0 aliphatic rings. The van der Waals surface area contributed by atoms with Gasteiger partial charge in [0.05, 0.1) is 27.2 Å². The molecule has 0 spiro atoms. The standard InChI is InChI=1S/C24H20Cl2N4OS/c1-15-11-12-16(2)20(13-15)30-23(17-7-4-3-5-8-17)28-29-24(30)32-14-21(31)27-19-10-6-9-18(25)22(19)26/h3-13H,14H2,1-2H3,(H,27,31). The van der Waals surface area contributed by atoms with Crippen LogP contribution in [0.15, 0.2) is 71.9 Å². The Kier molecular flexibility index (Phi) is 6.84. The van der Waals surface area contributed by atoms with Gasteiger partial charge in [-0.25, -0.2) is 0 Å². The number of thioether (sulfide) groups is 1. The van der Waals surface area contributed by atoms with Crippen molar-refractivity contribution in [2.75, 3.05) is 11.1 Å². The van der Waals surface area contributed by atoms with Crippen LogP contribution in [0.5, 0.6) is 0 Å². The maximum atomic E-state index is 12.6. The number of aryl methyl sites for hydroxylation is 2. The molecule has 0 unspecified atom stereocenters. The lowest BCUT2D eigenvalue weighted by Crippen LogP contribution is -2.15. The summed E-state index contributed by atoms with van der Waals surface area (Å²) in [5, 5.41) is 13.0. The van der Waals surface area contributed by atoms with Crippen molar-refractivity contribution in [3.63, 3.8) is 0 Å². The van der Waals surface area contributed by atoms with Gasteiger partial charge in [-0.05, 0) is 43.2 Å². The molecule has 1 heterocycles. The topological polar surface area (TPSA) is 59.8 Å². The van der Waals surface area contributed by atoms with E-state index >= 15 is 0 Å². The van der Waals surface area contributed by atoms with Gasteiger partial charge in [-0.2, -0.15) is 0 Å². The van der Waals surface area contributed by atoms with Gasteiger partial charge >= 0.3 is 0 Å². The Hall–Kier alpha value is -2.80. The number of nitrogens with one attached hydrogen (secondary N) is 1. The first-order chi connectivity index (χ1) is 15.4. The fraction of sp³-hybridized carbons (Fsp3) is 0.125. The third-order valence-corrected chi connectivity index (χ3v) is 6.58. The van der Waals surface area contributed by atoms with Gasteiger partial charge in [0.15, 0.2) is 11.0 Å². The second-order valence-electron chi connectivity index (χ2n) is 7.24. The third-order valence-electron chi connectivity index (χ3n) is 4.83. The lowest BCUT2D eigenvalue weighted by Gasteiger charge is -2.14. The summed E-state index contributed by atoms with van der Waals surface area (Å²) in [5.41, 5.74) is 4.62. The van der Waals surface area contributed by atoms with Crippen LogP contribution in [-0.4, -0.2) is 26.4 Å². The zero-order valence-electron chi connectivity index (χ0n) is 17.5. The highest BCUT2D eigenvalue weighted by Crippen LogP contribution is 2.31. The molecule has 4 rings (SSSR count). The minimum Gasteiger partial charge on any atom is -0.324 e. The monoisotopic (exact) mass is 482 g/mol. The van der Waals surface area contributed by atoms with E-state index in [1.807, 2.05) is 48.7 Å². The van der Waals surface area contributed by atoms with Crippen molar-refractivity contribution in [3.8, 4) is 17.1 Å². The zero-order chi connectivity index (χ0) is 22.7. The number of carbonyl (C=O) groups is 1. The molecule has 0 fully saturated rings. The molecule has 0 aliphatic heterocycles. The zero-order valence-corrected chi connectivity index (χ0v) is 19.8. The smallest absolute Gasteiger partial charge is 0.234 e. The number of carbonyl (C=O) groups excluding carboxylic acids is 1. The van der Waals surface area contributed by atoms with Gasteiger partial charge in [-0.1, -0.05) is 83.5 Å². The fourth-order valence-corrected chi connectivity index (χ4v) is 4.32. The van der Waals surface area contributed by atoms with Gasteiger partial charge in [-0.15, -0.1) is 10.2 Å². The Morgan fingerprint density at radius 3 is 2.56 bits per heavy atom. The van der Waals surface area contributed by atoms with Crippen molar-refractivity contribution in [1.29, 1.82) is 0 Å². The SMILES string of the molecule is Cc1ccc(C)c(-n2c(SCC(=O)Nc3cccc(Cl)c3Cl)nnc2-c2ccccc2)c1. The molecule has 0 atom stereocenters. The second kappa shape index (κ2) is 9.77. The molecular weight excluding hydrogens is 463 g/mol. The summed E-state index contributed by atoms with van der Waals surface area (Å²) in [6.45, 7) is 4.09. The summed E-state index contributed by atoms with van der Waals surface area (Å²) in [6, 6.07) is 21.2. The highest BCUT2D eigenvalue weighted by Gasteiger charge is 2.19. The summed E-state index contributed by atoms with van der Waals surface area (Å²) < 4.78 is 2.00. The molecule has 1 N–H and O–H groups in total. The van der Waals surface area contributed by atoms with E-state index in [9.17, 15) is 4.79 Å². The van der Waals surface area contributed by atoms with Crippen molar-refractivity contribution < 1.29 is 4.79 Å². The number of anilines is 1. The number of amides is 1. The number of aromatic nitrogens is 3. The van der Waals surface area contributed by atoms with Crippen LogP contribution in [0.3, 0.4) is 0 Å². The van der Waals surface area contributed by atoms with Gasteiger partial charge in [0.2, 0.25) is 5.91 Å². The molecule has 0 bridgehead atoms. The van der Waals surface area contributed by atoms with Crippen LogP contribution in [0.25, 0.3) is 17.1 Å². The molecule has 0 radical (unpaired) electrons. The first-order valence-corrected chi connectivity index (χ1v) is 11.6. The van der Waals surface area contributed by atoms with E-state index in [1.54, 1.807) is 18.2 Å². The molecule has 0 saturated heterocycles. The van der Waals surface area contributed by atoms with Crippen molar-refractivity contribution in [3.05, 3.63) is 87.9 Å². The number of halogens is 2. The van der Waals surface area contributed by atoms with Crippen LogP contribution in [0.1, 0.15) is 11.1 Å². The van der Waals surface area contributed by atoms with Crippen molar-refractivity contribution in [2.24, 2.45) is 0 Å². The van der Waals surface area contributed by atoms with Gasteiger partial charge in [0, 0.05) is 5.56 Å². The molecule has 1 aromatic heterocycles. The van der Waals surface area contributed by atoms with E-state index < -0.39 is 0 Å². The molecule has 5 nitrogen and oxygen atoms in total. The third kappa shape index (κ3) is 4.83. The van der Waals surface area contributed by atoms with Crippen molar-refractivity contribution >= 4 is 46.6 Å². The Bertz CT molecular complexity index is 1270. The van der Waals surface area contributed by atoms with Crippen LogP contribution >= 0.6 is 35.0 Å². The van der Waals surface area contributed by atoms with Gasteiger partial charge in [0.25, 0.3) is 0 Å². The molecule has 0 aliphatic carbocycles. The Morgan fingerprint density at radius 1 is 1.00 bits per heavy atom. The quantitative estimate of drug-likeness (QED) is 0.315. The maximum absolute atomic E-state index is 12.6. The van der Waals surface area contributed by atoms with Crippen LogP contribution < -0.4 is 5.32 Å². The number of hydrogen-bond donors (Lipinski definition) is 1. The molecule has 0 saturated carbocycles. The van der Waals surface area contributed by atoms with Crippen LogP contribution in [-0.2, 0) is 4.79 Å². The fourth-order valence-electron chi connectivity index (χ4n) is 3.23. The Balaban J connectivity index is 1.64. The lowest BCUT2D eigenvalue weighted by molar-refractivity contribution is -0.113. The average molecular weight is 483 g/mol. The van der Waals surface area contributed by atoms with Crippen LogP contribution in [0.2, 0.25) is 10.0 Å². The molecule has 3 aromatic carbocycles. The second-order valence-corrected chi connectivity index (χ2v) is 8.96. The minimum atomic E-state index is -0.212. The van der Waals surface area contributed by atoms with Gasteiger partial charge < -0.3 is 5.32 Å². The van der Waals surface area contributed by atoms with Crippen molar-refractivity contribution in [1.82, 2.24) is 14.8 Å². The predicted molar refractivity (Wildman–Crippen MR) is 132 cm³/mol. The summed E-state index contributed by atoms with van der Waals surface area (Å²) in [7, 11) is 0. The minimum absolute atomic E-state index is 0.140. The van der Waals surface area contributed by atoms with Crippen LogP contribution in [0, 0.1) is 13.8 Å². The summed E-state index contributed by atoms with van der Waals surface area (Å²) in [6.07, 6.45) is 0. The largest absolute Gasteiger partial charge is 0.324 e. The first kappa shape index (κ1) is 22.4. The van der Waals surface area contributed by atoms with E-state index in [2.05, 4.69) is 33.7 Å². The maximum Gasteiger partial charge on any atom is 0.234 e. The van der Waals surface area contributed by atoms with Gasteiger partial charge in [-0.3, -0.25) is 9.36 Å². The molecular formula is C24H20Cl2N4OS. The highest BCUT2D eigenvalue weighted by atomic mass is 35.5. The molecule has 1 amide bonds. The van der Waals surface area contributed by atoms with E-state index in [0.29, 0.717) is 20.9 Å². The molecule has 32 heavy (non-hydrogen) atoms. The summed E-state index contributed by atoms with van der Waals surface area (Å²) in [5.74, 6) is 0.650. The predicted octanol–water partition coefficient (Wildman–Crippen LogP) is 6.59. The molecule has 162 valence electrons. The van der Waals surface area contributed by atoms with E-state index in [4.69, 9.17) is 23.2 Å². The Labute approximate surface area is 200 Å². The average Bonchev–Trinajstić information content (AvgIpc) is 3.21. The normalized spacial score (nSPS) is 10.9. The van der Waals surface area contributed by atoms with Gasteiger partial charge in [0.1, 0.15) is 0 Å². The van der Waals surface area contributed by atoms with E-state index in [-0.39, 0.29) is 11.7 Å². The Morgan fingerprint density at radius 2 is 1.78 bits per heavy atom. The highest BCUT2D eigenvalue weighted by molar-refractivity contribution is 7.99. The number of benzene rings is 3. The number of nitrogens with zero attached hydrogens (tertiary/aromatic N) is 3. The van der Waals surface area contributed by atoms with Crippen LogP contribution in [0.4, 0.5) is 5.69 Å². The molecule has 4 aromatic rings.